The minimum Gasteiger partial charge on any atom is -0.338 e. The molecule has 2 fully saturated rings. The lowest BCUT2D eigenvalue weighted by molar-refractivity contribution is 0.0794. The van der Waals surface area contributed by atoms with Crippen molar-refractivity contribution in [2.45, 2.75) is 38.1 Å². The van der Waals surface area contributed by atoms with Crippen LogP contribution in [0.5, 0.6) is 0 Å². The first-order chi connectivity index (χ1) is 15.2. The van der Waals surface area contributed by atoms with E-state index in [4.69, 9.17) is 5.26 Å². The van der Waals surface area contributed by atoms with Gasteiger partial charge in [0, 0.05) is 38.3 Å². The summed E-state index contributed by atoms with van der Waals surface area (Å²) in [5, 5.41) is 13.6. The number of hydrogen-bond donors (Lipinski definition) is 0. The Labute approximate surface area is 181 Å². The summed E-state index contributed by atoms with van der Waals surface area (Å²) in [6.45, 7) is 4.51. The zero-order valence-electron chi connectivity index (χ0n) is 17.6. The van der Waals surface area contributed by atoms with E-state index in [1.807, 2.05) is 45.9 Å². The molecule has 0 N–H and O–H groups in total. The SMILES string of the molecule is N#Cc1ccc(CN2CCC[C@H](c3ccnc4c(C(=O)N5CCCC5)cnn34)C2)cc1. The molecule has 31 heavy (non-hydrogen) atoms. The van der Waals surface area contributed by atoms with Crippen molar-refractivity contribution < 1.29 is 4.79 Å². The van der Waals surface area contributed by atoms with Crippen molar-refractivity contribution in [1.29, 1.82) is 5.26 Å². The third-order valence-corrected chi connectivity index (χ3v) is 6.47. The molecule has 0 radical (unpaired) electrons. The predicted octanol–water partition coefficient (Wildman–Crippen LogP) is 3.22. The summed E-state index contributed by atoms with van der Waals surface area (Å²) in [5.74, 6) is 0.385. The van der Waals surface area contributed by atoms with Gasteiger partial charge in [0.05, 0.1) is 23.5 Å². The molecule has 2 aromatic heterocycles. The summed E-state index contributed by atoms with van der Waals surface area (Å²) in [5.41, 5.74) is 4.30. The van der Waals surface area contributed by atoms with Crippen LogP contribution < -0.4 is 0 Å². The third-order valence-electron chi connectivity index (χ3n) is 6.47. The lowest BCUT2D eigenvalue weighted by atomic mass is 9.94. The van der Waals surface area contributed by atoms with Gasteiger partial charge in [-0.25, -0.2) is 9.50 Å². The van der Waals surface area contributed by atoms with E-state index in [0.717, 1.165) is 64.1 Å². The van der Waals surface area contributed by atoms with Crippen LogP contribution in [-0.2, 0) is 6.54 Å². The molecule has 7 heteroatoms. The second kappa shape index (κ2) is 8.48. The van der Waals surface area contributed by atoms with Gasteiger partial charge in [0.2, 0.25) is 0 Å². The summed E-state index contributed by atoms with van der Waals surface area (Å²) in [6.07, 6.45) is 7.85. The number of piperidine rings is 1. The lowest BCUT2D eigenvalue weighted by Crippen LogP contribution is -2.34. The van der Waals surface area contributed by atoms with Crippen LogP contribution in [0.4, 0.5) is 0 Å². The molecule has 2 aliphatic rings. The molecule has 3 aromatic rings. The van der Waals surface area contributed by atoms with Crippen LogP contribution in [0.25, 0.3) is 5.65 Å². The molecule has 158 valence electrons. The number of nitriles is 1. The number of fused-ring (bicyclic) bond motifs is 1. The highest BCUT2D eigenvalue weighted by atomic mass is 16.2. The van der Waals surface area contributed by atoms with Crippen LogP contribution in [0.15, 0.2) is 42.7 Å². The molecule has 0 aliphatic carbocycles. The van der Waals surface area contributed by atoms with Crippen molar-refractivity contribution in [2.75, 3.05) is 26.2 Å². The number of amides is 1. The summed E-state index contributed by atoms with van der Waals surface area (Å²) >= 11 is 0. The van der Waals surface area contributed by atoms with Crippen LogP contribution in [0, 0.1) is 11.3 Å². The van der Waals surface area contributed by atoms with Crippen molar-refractivity contribution in [3.8, 4) is 6.07 Å². The van der Waals surface area contributed by atoms with Gasteiger partial charge in [-0.15, -0.1) is 0 Å². The molecule has 5 rings (SSSR count). The second-order valence-electron chi connectivity index (χ2n) is 8.55. The number of rotatable bonds is 4. The fourth-order valence-electron chi connectivity index (χ4n) is 4.84. The van der Waals surface area contributed by atoms with E-state index in [-0.39, 0.29) is 5.91 Å². The Morgan fingerprint density at radius 3 is 2.68 bits per heavy atom. The molecule has 0 saturated carbocycles. The normalized spacial score (nSPS) is 19.6. The fourth-order valence-corrected chi connectivity index (χ4v) is 4.84. The highest BCUT2D eigenvalue weighted by molar-refractivity contribution is 5.99. The van der Waals surface area contributed by atoms with Crippen LogP contribution >= 0.6 is 0 Å². The average Bonchev–Trinajstić information content (AvgIpc) is 3.50. The number of carbonyl (C=O) groups excluding carboxylic acids is 1. The maximum absolute atomic E-state index is 12.9. The molecule has 2 aliphatic heterocycles. The molecular formula is C24H26N6O. The zero-order valence-corrected chi connectivity index (χ0v) is 17.6. The van der Waals surface area contributed by atoms with Crippen LogP contribution in [0.3, 0.4) is 0 Å². The van der Waals surface area contributed by atoms with Crippen LogP contribution in [0.2, 0.25) is 0 Å². The van der Waals surface area contributed by atoms with Gasteiger partial charge in [0.25, 0.3) is 5.91 Å². The number of benzene rings is 1. The van der Waals surface area contributed by atoms with Gasteiger partial charge in [0.15, 0.2) is 5.65 Å². The molecule has 2 saturated heterocycles. The number of carbonyl (C=O) groups is 1. The van der Waals surface area contributed by atoms with Gasteiger partial charge in [0.1, 0.15) is 5.56 Å². The first-order valence-electron chi connectivity index (χ1n) is 11.1. The number of aromatic nitrogens is 3. The minimum atomic E-state index is 0.0447. The average molecular weight is 415 g/mol. The summed E-state index contributed by atoms with van der Waals surface area (Å²) in [6, 6.07) is 12.1. The molecule has 4 heterocycles. The van der Waals surface area contributed by atoms with Crippen molar-refractivity contribution in [1.82, 2.24) is 24.4 Å². The van der Waals surface area contributed by atoms with E-state index in [1.54, 1.807) is 6.20 Å². The molecule has 0 unspecified atom stereocenters. The van der Waals surface area contributed by atoms with Gasteiger partial charge in [-0.05, 0) is 56.0 Å². The molecule has 0 bridgehead atoms. The standard InChI is InChI=1S/C24H26N6O/c25-14-18-5-7-19(8-6-18)16-28-11-3-4-20(17-28)22-9-10-26-23-21(15-27-30(22)23)24(31)29-12-1-2-13-29/h5-10,15,20H,1-4,11-13,16-17H2/t20-/m0/s1. The smallest absolute Gasteiger partial charge is 0.259 e. The number of hydrogen-bond acceptors (Lipinski definition) is 5. The first kappa shape index (κ1) is 19.7. The quantitative estimate of drug-likeness (QED) is 0.655. The minimum absolute atomic E-state index is 0.0447. The van der Waals surface area contributed by atoms with Gasteiger partial charge in [-0.1, -0.05) is 12.1 Å². The van der Waals surface area contributed by atoms with Crippen LogP contribution in [-0.4, -0.2) is 56.5 Å². The zero-order chi connectivity index (χ0) is 21.2. The first-order valence-corrected chi connectivity index (χ1v) is 11.1. The number of likely N-dealkylation sites (tertiary alicyclic amines) is 2. The highest BCUT2D eigenvalue weighted by Crippen LogP contribution is 2.28. The molecule has 1 aromatic carbocycles. The van der Waals surface area contributed by atoms with Crippen molar-refractivity contribution in [3.05, 3.63) is 65.1 Å². The van der Waals surface area contributed by atoms with Gasteiger partial charge in [-0.2, -0.15) is 10.4 Å². The van der Waals surface area contributed by atoms with Crippen LogP contribution in [0.1, 0.15) is 58.8 Å². The van der Waals surface area contributed by atoms with Gasteiger partial charge < -0.3 is 4.90 Å². The molecule has 7 nitrogen and oxygen atoms in total. The Kier molecular flexibility index (Phi) is 5.39. The van der Waals surface area contributed by atoms with E-state index in [2.05, 4.69) is 21.1 Å². The van der Waals surface area contributed by atoms with Crippen molar-refractivity contribution >= 4 is 11.6 Å². The summed E-state index contributed by atoms with van der Waals surface area (Å²) in [4.78, 5) is 21.8. The van der Waals surface area contributed by atoms with Crippen molar-refractivity contribution in [3.63, 3.8) is 0 Å². The third kappa shape index (κ3) is 3.91. The summed E-state index contributed by atoms with van der Waals surface area (Å²) < 4.78 is 1.87. The predicted molar refractivity (Wildman–Crippen MR) is 117 cm³/mol. The maximum atomic E-state index is 12.9. The number of nitrogens with zero attached hydrogens (tertiary/aromatic N) is 6. The molecule has 1 amide bonds. The largest absolute Gasteiger partial charge is 0.338 e. The van der Waals surface area contributed by atoms with E-state index in [9.17, 15) is 4.79 Å². The van der Waals surface area contributed by atoms with Gasteiger partial charge >= 0.3 is 0 Å². The Hall–Kier alpha value is -3.24. The maximum Gasteiger partial charge on any atom is 0.259 e. The Balaban J connectivity index is 1.36. The van der Waals surface area contributed by atoms with E-state index >= 15 is 0 Å². The Morgan fingerprint density at radius 2 is 1.90 bits per heavy atom. The topological polar surface area (TPSA) is 77.5 Å². The van der Waals surface area contributed by atoms with E-state index in [0.29, 0.717) is 22.7 Å². The lowest BCUT2D eigenvalue weighted by Gasteiger charge is -2.33. The Morgan fingerprint density at radius 1 is 1.10 bits per heavy atom. The second-order valence-corrected chi connectivity index (χ2v) is 8.55. The highest BCUT2D eigenvalue weighted by Gasteiger charge is 2.27. The van der Waals surface area contributed by atoms with Crippen molar-refractivity contribution in [2.24, 2.45) is 0 Å². The van der Waals surface area contributed by atoms with Gasteiger partial charge in [-0.3, -0.25) is 9.69 Å². The fraction of sp³-hybridized carbons (Fsp3) is 0.417. The monoisotopic (exact) mass is 414 g/mol. The molecule has 1 atom stereocenters. The van der Waals surface area contributed by atoms with E-state index in [1.165, 1.54) is 5.56 Å². The molecule has 0 spiro atoms. The molecular weight excluding hydrogens is 388 g/mol. The Bertz CT molecular complexity index is 1120. The summed E-state index contributed by atoms with van der Waals surface area (Å²) in [7, 11) is 0. The van der Waals surface area contributed by atoms with E-state index < -0.39 is 0 Å².